The number of carbonyl (C=O) groups excluding carboxylic acids is 1. The summed E-state index contributed by atoms with van der Waals surface area (Å²) in [6.07, 6.45) is 0. The molecule has 140 valence electrons. The Labute approximate surface area is 163 Å². The minimum atomic E-state index is -0.0909. The van der Waals surface area contributed by atoms with Crippen molar-refractivity contribution in [3.05, 3.63) is 59.2 Å². The molecule has 0 fully saturated rings. The van der Waals surface area contributed by atoms with Crippen LogP contribution in [0.3, 0.4) is 0 Å². The van der Waals surface area contributed by atoms with Crippen LogP contribution in [0.25, 0.3) is 11.5 Å². The van der Waals surface area contributed by atoms with E-state index in [-0.39, 0.29) is 11.7 Å². The third kappa shape index (κ3) is 4.57. The second-order valence-electron chi connectivity index (χ2n) is 6.72. The van der Waals surface area contributed by atoms with Gasteiger partial charge < -0.3 is 9.73 Å². The lowest BCUT2D eigenvalue weighted by Crippen LogP contribution is -2.16. The Hall–Kier alpha value is -2.60. The van der Waals surface area contributed by atoms with Crippen molar-refractivity contribution in [2.75, 3.05) is 11.1 Å². The van der Waals surface area contributed by atoms with Gasteiger partial charge in [0.1, 0.15) is 0 Å². The standard InChI is InChI=1S/C21H23N3O2S/c1-13(2)16-11-7-9-15(4)19(16)22-18(25)12-27-21-24-23-20(26-21)17-10-6-5-8-14(17)3/h5-11,13H,12H2,1-4H3,(H,22,25). The van der Waals surface area contributed by atoms with Crippen molar-refractivity contribution >= 4 is 23.4 Å². The topological polar surface area (TPSA) is 68.0 Å². The molecule has 0 saturated heterocycles. The molecule has 2 aromatic carbocycles. The Morgan fingerprint density at radius 3 is 2.56 bits per heavy atom. The second-order valence-corrected chi connectivity index (χ2v) is 7.65. The number of thioether (sulfide) groups is 1. The fourth-order valence-electron chi connectivity index (χ4n) is 2.83. The molecule has 6 heteroatoms. The fraction of sp³-hybridized carbons (Fsp3) is 0.286. The van der Waals surface area contributed by atoms with Gasteiger partial charge in [-0.05, 0) is 42.5 Å². The predicted octanol–water partition coefficient (Wildman–Crippen LogP) is 5.21. The van der Waals surface area contributed by atoms with Crippen LogP contribution in [0.5, 0.6) is 0 Å². The molecular formula is C21H23N3O2S. The van der Waals surface area contributed by atoms with Crippen LogP contribution in [0.4, 0.5) is 5.69 Å². The number of nitrogens with zero attached hydrogens (tertiary/aromatic N) is 2. The Balaban J connectivity index is 1.65. The molecule has 1 amide bonds. The van der Waals surface area contributed by atoms with E-state index in [2.05, 4.69) is 29.4 Å². The van der Waals surface area contributed by atoms with E-state index in [1.807, 2.05) is 56.3 Å². The summed E-state index contributed by atoms with van der Waals surface area (Å²) in [6.45, 7) is 8.23. The van der Waals surface area contributed by atoms with Gasteiger partial charge in [-0.25, -0.2) is 0 Å². The number of amides is 1. The zero-order valence-electron chi connectivity index (χ0n) is 15.9. The molecule has 1 aromatic heterocycles. The molecule has 0 aliphatic rings. The van der Waals surface area contributed by atoms with Gasteiger partial charge in [-0.1, -0.05) is 62.0 Å². The first-order chi connectivity index (χ1) is 13.0. The summed E-state index contributed by atoms with van der Waals surface area (Å²) in [5, 5.41) is 11.5. The summed E-state index contributed by atoms with van der Waals surface area (Å²) in [7, 11) is 0. The Bertz CT molecular complexity index is 950. The minimum absolute atomic E-state index is 0.0909. The molecule has 0 bridgehead atoms. The zero-order chi connectivity index (χ0) is 19.4. The van der Waals surface area contributed by atoms with Gasteiger partial charge in [-0.3, -0.25) is 4.79 Å². The molecular weight excluding hydrogens is 358 g/mol. The van der Waals surface area contributed by atoms with Crippen molar-refractivity contribution in [3.63, 3.8) is 0 Å². The van der Waals surface area contributed by atoms with Crippen molar-refractivity contribution < 1.29 is 9.21 Å². The number of anilines is 1. The van der Waals surface area contributed by atoms with Crippen molar-refractivity contribution in [2.24, 2.45) is 0 Å². The smallest absolute Gasteiger partial charge is 0.277 e. The molecule has 0 unspecified atom stereocenters. The lowest BCUT2D eigenvalue weighted by atomic mass is 9.98. The largest absolute Gasteiger partial charge is 0.411 e. The Morgan fingerprint density at radius 2 is 1.81 bits per heavy atom. The van der Waals surface area contributed by atoms with Crippen LogP contribution in [0.15, 0.2) is 52.1 Å². The Kier molecular flexibility index (Phi) is 5.96. The number of aryl methyl sites for hydroxylation is 2. The second kappa shape index (κ2) is 8.39. The lowest BCUT2D eigenvalue weighted by molar-refractivity contribution is -0.113. The number of para-hydroxylation sites is 1. The van der Waals surface area contributed by atoms with Gasteiger partial charge in [0, 0.05) is 11.3 Å². The quantitative estimate of drug-likeness (QED) is 0.594. The maximum atomic E-state index is 12.4. The van der Waals surface area contributed by atoms with Gasteiger partial charge in [-0.2, -0.15) is 0 Å². The van der Waals surface area contributed by atoms with Gasteiger partial charge in [0.05, 0.1) is 5.75 Å². The van der Waals surface area contributed by atoms with Crippen molar-refractivity contribution in [1.29, 1.82) is 0 Å². The third-order valence-corrected chi connectivity index (χ3v) is 5.12. The van der Waals surface area contributed by atoms with Gasteiger partial charge in [0.25, 0.3) is 5.22 Å². The third-order valence-electron chi connectivity index (χ3n) is 4.30. The number of aromatic nitrogens is 2. The molecule has 0 aliphatic heterocycles. The number of benzene rings is 2. The van der Waals surface area contributed by atoms with Crippen molar-refractivity contribution in [3.8, 4) is 11.5 Å². The van der Waals surface area contributed by atoms with Crippen LogP contribution in [-0.4, -0.2) is 21.9 Å². The summed E-state index contributed by atoms with van der Waals surface area (Å²) >= 11 is 1.24. The lowest BCUT2D eigenvalue weighted by Gasteiger charge is -2.16. The molecule has 0 spiro atoms. The van der Waals surface area contributed by atoms with Crippen LogP contribution >= 0.6 is 11.8 Å². The SMILES string of the molecule is Cc1ccccc1-c1nnc(SCC(=O)Nc2c(C)cccc2C(C)C)o1. The van der Waals surface area contributed by atoms with E-state index in [0.717, 1.165) is 27.9 Å². The van der Waals surface area contributed by atoms with E-state index < -0.39 is 0 Å². The van der Waals surface area contributed by atoms with Gasteiger partial charge in [0.2, 0.25) is 11.8 Å². The Morgan fingerprint density at radius 1 is 1.07 bits per heavy atom. The maximum Gasteiger partial charge on any atom is 0.277 e. The first-order valence-electron chi connectivity index (χ1n) is 8.87. The highest BCUT2D eigenvalue weighted by Crippen LogP contribution is 2.28. The zero-order valence-corrected chi connectivity index (χ0v) is 16.8. The molecule has 27 heavy (non-hydrogen) atoms. The van der Waals surface area contributed by atoms with Crippen LogP contribution in [0.1, 0.15) is 36.5 Å². The molecule has 0 atom stereocenters. The van der Waals surface area contributed by atoms with E-state index in [0.29, 0.717) is 17.0 Å². The van der Waals surface area contributed by atoms with E-state index >= 15 is 0 Å². The molecule has 0 aliphatic carbocycles. The molecule has 0 radical (unpaired) electrons. The summed E-state index contributed by atoms with van der Waals surface area (Å²) in [6, 6.07) is 13.9. The summed E-state index contributed by atoms with van der Waals surface area (Å²) in [4.78, 5) is 12.4. The molecule has 3 aromatic rings. The first kappa shape index (κ1) is 19.2. The van der Waals surface area contributed by atoms with Crippen LogP contribution in [0.2, 0.25) is 0 Å². The van der Waals surface area contributed by atoms with E-state index in [9.17, 15) is 4.79 Å². The van der Waals surface area contributed by atoms with Crippen molar-refractivity contribution in [2.45, 2.75) is 38.8 Å². The van der Waals surface area contributed by atoms with Crippen molar-refractivity contribution in [1.82, 2.24) is 10.2 Å². The average molecular weight is 382 g/mol. The maximum absolute atomic E-state index is 12.4. The van der Waals surface area contributed by atoms with Gasteiger partial charge in [0.15, 0.2) is 0 Å². The molecule has 3 rings (SSSR count). The van der Waals surface area contributed by atoms with Crippen LogP contribution in [0, 0.1) is 13.8 Å². The molecule has 1 heterocycles. The van der Waals surface area contributed by atoms with E-state index in [1.165, 1.54) is 11.8 Å². The minimum Gasteiger partial charge on any atom is -0.411 e. The summed E-state index contributed by atoms with van der Waals surface area (Å²) in [5.74, 6) is 0.922. The first-order valence-corrected chi connectivity index (χ1v) is 9.86. The average Bonchev–Trinajstić information content (AvgIpc) is 3.10. The molecule has 5 nitrogen and oxygen atoms in total. The highest BCUT2D eigenvalue weighted by Gasteiger charge is 2.15. The number of rotatable bonds is 6. The van der Waals surface area contributed by atoms with Gasteiger partial charge in [-0.15, -0.1) is 10.2 Å². The number of hydrogen-bond donors (Lipinski definition) is 1. The number of nitrogens with one attached hydrogen (secondary N) is 1. The summed E-state index contributed by atoms with van der Waals surface area (Å²) in [5.41, 5.74) is 5.05. The highest BCUT2D eigenvalue weighted by molar-refractivity contribution is 7.99. The van der Waals surface area contributed by atoms with Gasteiger partial charge >= 0.3 is 0 Å². The highest BCUT2D eigenvalue weighted by atomic mass is 32.2. The fourth-order valence-corrected chi connectivity index (χ4v) is 3.40. The van der Waals surface area contributed by atoms with Crippen LogP contribution in [-0.2, 0) is 4.79 Å². The predicted molar refractivity (Wildman–Crippen MR) is 109 cm³/mol. The van der Waals surface area contributed by atoms with E-state index in [1.54, 1.807) is 0 Å². The normalized spacial score (nSPS) is 11.0. The van der Waals surface area contributed by atoms with Crippen LogP contribution < -0.4 is 5.32 Å². The number of hydrogen-bond acceptors (Lipinski definition) is 5. The monoisotopic (exact) mass is 381 g/mol. The number of carbonyl (C=O) groups is 1. The van der Waals surface area contributed by atoms with E-state index in [4.69, 9.17) is 4.42 Å². The molecule has 1 N–H and O–H groups in total. The molecule has 0 saturated carbocycles. The summed E-state index contributed by atoms with van der Waals surface area (Å²) < 4.78 is 5.70.